The fraction of sp³-hybridized carbons (Fsp3) is 0.154. The molecular weight excluding hydrogens is 333 g/mol. The fourth-order valence-corrected chi connectivity index (χ4v) is 3.65. The van der Waals surface area contributed by atoms with Crippen molar-refractivity contribution >= 4 is 44.6 Å². The molecular formula is C13H13Cl2N3O2S. The monoisotopic (exact) mass is 345 g/mol. The number of anilines is 2. The number of hydrogen-bond donors (Lipinski definition) is 2. The summed E-state index contributed by atoms with van der Waals surface area (Å²) in [6, 6.07) is 8.14. The van der Waals surface area contributed by atoms with E-state index in [1.54, 1.807) is 31.2 Å². The zero-order chi connectivity index (χ0) is 15.6. The second-order valence-corrected chi connectivity index (χ2v) is 7.00. The Morgan fingerprint density at radius 1 is 1.24 bits per heavy atom. The van der Waals surface area contributed by atoms with Crippen LogP contribution in [0.2, 0.25) is 10.3 Å². The fourth-order valence-electron chi connectivity index (χ4n) is 1.74. The number of nitrogens with one attached hydrogen (secondary N) is 1. The van der Waals surface area contributed by atoms with Gasteiger partial charge in [-0.15, -0.1) is 0 Å². The Labute approximate surface area is 133 Å². The van der Waals surface area contributed by atoms with Gasteiger partial charge < -0.3 is 5.73 Å². The smallest absolute Gasteiger partial charge is 0.237 e. The molecule has 5 nitrogen and oxygen atoms in total. The van der Waals surface area contributed by atoms with Crippen LogP contribution < -0.4 is 10.5 Å². The van der Waals surface area contributed by atoms with Crippen molar-refractivity contribution in [3.8, 4) is 0 Å². The van der Waals surface area contributed by atoms with E-state index in [1.165, 1.54) is 6.07 Å². The lowest BCUT2D eigenvalue weighted by molar-refractivity contribution is 0.600. The van der Waals surface area contributed by atoms with E-state index in [0.717, 1.165) is 0 Å². The highest BCUT2D eigenvalue weighted by Gasteiger charge is 2.16. The molecule has 1 heterocycles. The quantitative estimate of drug-likeness (QED) is 0.658. The number of aromatic nitrogens is 1. The molecule has 0 amide bonds. The first kappa shape index (κ1) is 15.9. The number of halogens is 2. The Balaban J connectivity index is 2.24. The molecule has 2 rings (SSSR count). The van der Waals surface area contributed by atoms with Crippen molar-refractivity contribution in [1.29, 1.82) is 0 Å². The first-order chi connectivity index (χ1) is 9.77. The van der Waals surface area contributed by atoms with Crippen LogP contribution in [0.1, 0.15) is 11.1 Å². The molecule has 0 aliphatic carbocycles. The summed E-state index contributed by atoms with van der Waals surface area (Å²) >= 11 is 11.7. The predicted molar refractivity (Wildman–Crippen MR) is 86.1 cm³/mol. The van der Waals surface area contributed by atoms with Crippen LogP contribution >= 0.6 is 23.2 Å². The summed E-state index contributed by atoms with van der Waals surface area (Å²) in [4.78, 5) is 3.82. The molecule has 0 bridgehead atoms. The van der Waals surface area contributed by atoms with Gasteiger partial charge in [0.15, 0.2) is 5.15 Å². The van der Waals surface area contributed by atoms with Crippen molar-refractivity contribution in [2.24, 2.45) is 0 Å². The Kier molecular flexibility index (Phi) is 4.61. The van der Waals surface area contributed by atoms with Crippen LogP contribution in [0.3, 0.4) is 0 Å². The van der Waals surface area contributed by atoms with Crippen molar-refractivity contribution in [3.05, 3.63) is 51.8 Å². The first-order valence-electron chi connectivity index (χ1n) is 5.94. The summed E-state index contributed by atoms with van der Waals surface area (Å²) in [7, 11) is -3.62. The van der Waals surface area contributed by atoms with Gasteiger partial charge in [0.05, 0.1) is 11.4 Å². The minimum absolute atomic E-state index is 0.0147. The lowest BCUT2D eigenvalue weighted by atomic mass is 10.2. The van der Waals surface area contributed by atoms with E-state index in [1.807, 2.05) is 0 Å². The van der Waals surface area contributed by atoms with Gasteiger partial charge in [-0.25, -0.2) is 13.4 Å². The van der Waals surface area contributed by atoms with Gasteiger partial charge in [0.2, 0.25) is 10.0 Å². The molecule has 21 heavy (non-hydrogen) atoms. The largest absolute Gasteiger partial charge is 0.399 e. The number of aryl methyl sites for hydroxylation is 1. The summed E-state index contributed by atoms with van der Waals surface area (Å²) in [6.45, 7) is 1.69. The Morgan fingerprint density at radius 2 is 1.86 bits per heavy atom. The van der Waals surface area contributed by atoms with Gasteiger partial charge in [0.25, 0.3) is 0 Å². The van der Waals surface area contributed by atoms with Gasteiger partial charge in [0, 0.05) is 5.69 Å². The Bertz CT molecular complexity index is 738. The summed E-state index contributed by atoms with van der Waals surface area (Å²) in [5.41, 5.74) is 7.59. The predicted octanol–water partition coefficient (Wildman–Crippen LogP) is 3.22. The lowest BCUT2D eigenvalue weighted by Crippen LogP contribution is -2.16. The maximum Gasteiger partial charge on any atom is 0.237 e. The molecule has 0 atom stereocenters. The minimum atomic E-state index is -3.62. The van der Waals surface area contributed by atoms with Crippen LogP contribution in [-0.2, 0) is 15.8 Å². The van der Waals surface area contributed by atoms with Crippen LogP contribution in [0.15, 0.2) is 30.3 Å². The van der Waals surface area contributed by atoms with Crippen molar-refractivity contribution in [2.45, 2.75) is 12.7 Å². The molecule has 0 unspecified atom stereocenters. The van der Waals surface area contributed by atoms with Crippen LogP contribution in [0.5, 0.6) is 0 Å². The molecule has 0 saturated heterocycles. The highest BCUT2D eigenvalue weighted by atomic mass is 35.5. The maximum atomic E-state index is 12.2. The molecule has 112 valence electrons. The summed E-state index contributed by atoms with van der Waals surface area (Å²) in [5, 5.41) is 0.222. The van der Waals surface area contributed by atoms with E-state index >= 15 is 0 Å². The van der Waals surface area contributed by atoms with Gasteiger partial charge in [-0.1, -0.05) is 35.3 Å². The molecule has 1 aromatic heterocycles. The number of benzene rings is 1. The second-order valence-electron chi connectivity index (χ2n) is 4.53. The van der Waals surface area contributed by atoms with Gasteiger partial charge in [-0.2, -0.15) is 0 Å². The van der Waals surface area contributed by atoms with E-state index in [2.05, 4.69) is 9.71 Å². The zero-order valence-electron chi connectivity index (χ0n) is 11.1. The third kappa shape index (κ3) is 4.23. The number of hydrogen-bond acceptors (Lipinski definition) is 4. The molecule has 0 aliphatic rings. The minimum Gasteiger partial charge on any atom is -0.399 e. The molecule has 0 saturated carbocycles. The second kappa shape index (κ2) is 6.09. The van der Waals surface area contributed by atoms with Crippen LogP contribution in [-0.4, -0.2) is 13.4 Å². The van der Waals surface area contributed by atoms with E-state index in [9.17, 15) is 8.42 Å². The number of pyridine rings is 1. The normalized spacial score (nSPS) is 11.4. The third-order valence-electron chi connectivity index (χ3n) is 2.74. The topological polar surface area (TPSA) is 85.1 Å². The van der Waals surface area contributed by atoms with Crippen LogP contribution in [0.4, 0.5) is 11.4 Å². The highest BCUT2D eigenvalue weighted by molar-refractivity contribution is 7.91. The molecule has 0 aliphatic heterocycles. The van der Waals surface area contributed by atoms with Crippen LogP contribution in [0, 0.1) is 6.92 Å². The number of sulfonamides is 1. The Morgan fingerprint density at radius 3 is 2.43 bits per heavy atom. The van der Waals surface area contributed by atoms with Gasteiger partial charge in [-0.05, 0) is 36.2 Å². The number of nitrogen functional groups attached to an aromatic ring is 1. The van der Waals surface area contributed by atoms with Crippen molar-refractivity contribution in [2.75, 3.05) is 10.5 Å². The molecule has 0 radical (unpaired) electrons. The van der Waals surface area contributed by atoms with Crippen LogP contribution in [0.25, 0.3) is 0 Å². The molecule has 3 N–H and O–H groups in total. The van der Waals surface area contributed by atoms with Crippen molar-refractivity contribution in [1.82, 2.24) is 4.98 Å². The van der Waals surface area contributed by atoms with Gasteiger partial charge in [-0.3, -0.25) is 4.72 Å². The third-order valence-corrected chi connectivity index (χ3v) is 4.43. The zero-order valence-corrected chi connectivity index (χ0v) is 13.4. The first-order valence-corrected chi connectivity index (χ1v) is 8.35. The summed E-state index contributed by atoms with van der Waals surface area (Å²) in [5.74, 6) is -0.189. The SMILES string of the molecule is Cc1cc(Cl)nc(Cl)c1NS(=O)(=O)Cc1ccc(N)cc1. The van der Waals surface area contributed by atoms with Gasteiger partial charge in [0.1, 0.15) is 5.15 Å². The number of rotatable bonds is 4. The number of nitrogens with two attached hydrogens (primary N) is 1. The standard InChI is InChI=1S/C13H13Cl2N3O2S/c1-8-6-11(14)17-13(15)12(8)18-21(19,20)7-9-2-4-10(16)5-3-9/h2-6,18H,7,16H2,1H3. The van der Waals surface area contributed by atoms with Gasteiger partial charge >= 0.3 is 0 Å². The highest BCUT2D eigenvalue weighted by Crippen LogP contribution is 2.27. The molecule has 0 fully saturated rings. The van der Waals surface area contributed by atoms with Crippen molar-refractivity contribution < 1.29 is 8.42 Å². The molecule has 2 aromatic rings. The lowest BCUT2D eigenvalue weighted by Gasteiger charge is -2.12. The van der Waals surface area contributed by atoms with E-state index in [-0.39, 0.29) is 21.7 Å². The maximum absolute atomic E-state index is 12.2. The average molecular weight is 346 g/mol. The molecule has 0 spiro atoms. The van der Waals surface area contributed by atoms with E-state index < -0.39 is 10.0 Å². The Hall–Kier alpha value is -1.50. The summed E-state index contributed by atoms with van der Waals surface area (Å²) in [6.07, 6.45) is 0. The average Bonchev–Trinajstić information content (AvgIpc) is 2.36. The van der Waals surface area contributed by atoms with Crippen molar-refractivity contribution in [3.63, 3.8) is 0 Å². The molecule has 1 aromatic carbocycles. The number of nitrogens with zero attached hydrogens (tertiary/aromatic N) is 1. The van der Waals surface area contributed by atoms with E-state index in [0.29, 0.717) is 16.8 Å². The summed E-state index contributed by atoms with van der Waals surface area (Å²) < 4.78 is 26.8. The van der Waals surface area contributed by atoms with E-state index in [4.69, 9.17) is 28.9 Å². The molecule has 8 heteroatoms.